The van der Waals surface area contributed by atoms with Gasteiger partial charge in [0.15, 0.2) is 0 Å². The maximum absolute atomic E-state index is 5.95. The Bertz CT molecular complexity index is 1040. The average Bonchev–Trinajstić information content (AvgIpc) is 3.09. The van der Waals surface area contributed by atoms with Gasteiger partial charge in [0.05, 0.1) is 11.2 Å². The number of ether oxygens (including phenoxy) is 1. The fourth-order valence-electron chi connectivity index (χ4n) is 3.09. The number of rotatable bonds is 6. The van der Waals surface area contributed by atoms with Crippen LogP contribution in [-0.2, 0) is 13.2 Å². The lowest BCUT2D eigenvalue weighted by Gasteiger charge is -2.10. The van der Waals surface area contributed by atoms with Gasteiger partial charge in [-0.25, -0.2) is 0 Å². The maximum Gasteiger partial charge on any atom is 0.120 e. The maximum atomic E-state index is 5.95. The van der Waals surface area contributed by atoms with Crippen molar-refractivity contribution < 1.29 is 4.74 Å². The number of hydrogen-bond acceptors (Lipinski definition) is 4. The number of H-pyrrole nitrogens is 1. The molecule has 0 fully saturated rings. The van der Waals surface area contributed by atoms with Crippen LogP contribution in [0, 0.1) is 0 Å². The molecule has 2 aromatic heterocycles. The van der Waals surface area contributed by atoms with E-state index in [1.807, 2.05) is 24.3 Å². The Morgan fingerprint density at radius 3 is 2.59 bits per heavy atom. The first-order chi connectivity index (χ1) is 13.2. The number of hydrogen-bond donors (Lipinski definition) is 1. The molecule has 0 aliphatic carbocycles. The molecular formula is C22H22N4O. The van der Waals surface area contributed by atoms with E-state index in [-0.39, 0.29) is 0 Å². The highest BCUT2D eigenvalue weighted by Gasteiger charge is 2.09. The van der Waals surface area contributed by atoms with Crippen LogP contribution in [0.4, 0.5) is 0 Å². The van der Waals surface area contributed by atoms with Crippen LogP contribution in [0.2, 0.25) is 0 Å². The largest absolute Gasteiger partial charge is 0.489 e. The van der Waals surface area contributed by atoms with E-state index in [4.69, 9.17) is 4.74 Å². The predicted octanol–water partition coefficient (Wildman–Crippen LogP) is 4.27. The van der Waals surface area contributed by atoms with Crippen molar-refractivity contribution in [2.75, 3.05) is 14.1 Å². The van der Waals surface area contributed by atoms with Gasteiger partial charge >= 0.3 is 0 Å². The molecule has 0 bridgehead atoms. The Morgan fingerprint density at radius 2 is 1.78 bits per heavy atom. The minimum Gasteiger partial charge on any atom is -0.489 e. The van der Waals surface area contributed by atoms with Gasteiger partial charge in [0, 0.05) is 24.3 Å². The van der Waals surface area contributed by atoms with Gasteiger partial charge in [0.1, 0.15) is 12.4 Å². The molecule has 0 spiro atoms. The molecule has 5 nitrogen and oxygen atoms in total. The zero-order valence-electron chi connectivity index (χ0n) is 15.5. The van der Waals surface area contributed by atoms with Gasteiger partial charge in [-0.3, -0.25) is 10.1 Å². The minimum absolute atomic E-state index is 0.528. The molecule has 136 valence electrons. The van der Waals surface area contributed by atoms with E-state index in [1.165, 1.54) is 0 Å². The van der Waals surface area contributed by atoms with Gasteiger partial charge in [0.2, 0.25) is 0 Å². The lowest BCUT2D eigenvalue weighted by Crippen LogP contribution is -2.11. The Labute approximate surface area is 158 Å². The van der Waals surface area contributed by atoms with Gasteiger partial charge in [-0.05, 0) is 67.2 Å². The topological polar surface area (TPSA) is 54.0 Å². The lowest BCUT2D eigenvalue weighted by atomic mass is 10.0. The van der Waals surface area contributed by atoms with Crippen molar-refractivity contribution in [2.24, 2.45) is 0 Å². The van der Waals surface area contributed by atoms with Gasteiger partial charge in [-0.1, -0.05) is 18.2 Å². The summed E-state index contributed by atoms with van der Waals surface area (Å²) in [6, 6.07) is 18.5. The van der Waals surface area contributed by atoms with Crippen LogP contribution >= 0.6 is 0 Å². The second kappa shape index (κ2) is 7.60. The number of pyridine rings is 1. The molecule has 0 saturated heterocycles. The highest BCUT2D eigenvalue weighted by atomic mass is 16.5. The van der Waals surface area contributed by atoms with Crippen molar-refractivity contribution in [3.05, 3.63) is 78.2 Å². The summed E-state index contributed by atoms with van der Waals surface area (Å²) in [5.41, 5.74) is 5.49. The van der Waals surface area contributed by atoms with Crippen LogP contribution < -0.4 is 4.74 Å². The number of nitrogens with zero attached hydrogens (tertiary/aromatic N) is 3. The summed E-state index contributed by atoms with van der Waals surface area (Å²) in [6.07, 6.45) is 3.56. The molecule has 2 aromatic carbocycles. The molecule has 2 heterocycles. The van der Waals surface area contributed by atoms with E-state index in [9.17, 15) is 0 Å². The third kappa shape index (κ3) is 3.99. The molecule has 0 amide bonds. The van der Waals surface area contributed by atoms with E-state index in [1.54, 1.807) is 12.4 Å². The summed E-state index contributed by atoms with van der Waals surface area (Å²) in [5.74, 6) is 0.852. The number of aromatic nitrogens is 3. The van der Waals surface area contributed by atoms with E-state index in [0.29, 0.717) is 6.61 Å². The second-order valence-electron chi connectivity index (χ2n) is 6.84. The Morgan fingerprint density at radius 1 is 0.963 bits per heavy atom. The first kappa shape index (κ1) is 17.2. The number of nitrogens with one attached hydrogen (secondary N) is 1. The quantitative estimate of drug-likeness (QED) is 0.559. The minimum atomic E-state index is 0.528. The summed E-state index contributed by atoms with van der Waals surface area (Å²) in [7, 11) is 4.11. The van der Waals surface area contributed by atoms with E-state index < -0.39 is 0 Å². The summed E-state index contributed by atoms with van der Waals surface area (Å²) in [5, 5.41) is 8.71. The predicted molar refractivity (Wildman–Crippen MR) is 107 cm³/mol. The van der Waals surface area contributed by atoms with Crippen LogP contribution in [0.15, 0.2) is 67.0 Å². The van der Waals surface area contributed by atoms with Crippen molar-refractivity contribution in [3.63, 3.8) is 0 Å². The Hall–Kier alpha value is -3.18. The van der Waals surface area contributed by atoms with Crippen molar-refractivity contribution in [2.45, 2.75) is 13.2 Å². The normalized spacial score (nSPS) is 11.2. The third-order valence-electron chi connectivity index (χ3n) is 4.43. The van der Waals surface area contributed by atoms with Gasteiger partial charge < -0.3 is 9.64 Å². The Balaban J connectivity index is 1.59. The SMILES string of the molecule is CN(C)Cc1[nH]nc2ccc(-c3cccc(OCc4ccncc4)c3)cc12. The third-order valence-corrected chi connectivity index (χ3v) is 4.43. The highest BCUT2D eigenvalue weighted by Crippen LogP contribution is 2.28. The summed E-state index contributed by atoms with van der Waals surface area (Å²) in [4.78, 5) is 6.17. The first-order valence-electron chi connectivity index (χ1n) is 8.93. The van der Waals surface area contributed by atoms with Crippen molar-refractivity contribution in [1.82, 2.24) is 20.1 Å². The van der Waals surface area contributed by atoms with Crippen molar-refractivity contribution in [1.29, 1.82) is 0 Å². The van der Waals surface area contributed by atoms with Crippen LogP contribution in [0.5, 0.6) is 5.75 Å². The summed E-state index contributed by atoms with van der Waals surface area (Å²) in [6.45, 7) is 1.36. The van der Waals surface area contributed by atoms with Crippen molar-refractivity contribution in [3.8, 4) is 16.9 Å². The standard InChI is InChI=1S/C22H22N4O/c1-26(2)14-22-20-13-18(6-7-21(20)24-25-22)17-4-3-5-19(12-17)27-15-16-8-10-23-11-9-16/h3-13H,14-15H2,1-2H3,(H,24,25). The molecule has 1 N–H and O–H groups in total. The van der Waals surface area contributed by atoms with Gasteiger partial charge in [0.25, 0.3) is 0 Å². The molecule has 0 radical (unpaired) electrons. The monoisotopic (exact) mass is 358 g/mol. The average molecular weight is 358 g/mol. The summed E-state index contributed by atoms with van der Waals surface area (Å²) >= 11 is 0. The zero-order valence-corrected chi connectivity index (χ0v) is 15.5. The fourth-order valence-corrected chi connectivity index (χ4v) is 3.09. The van der Waals surface area contributed by atoms with Gasteiger partial charge in [-0.2, -0.15) is 5.10 Å². The first-order valence-corrected chi connectivity index (χ1v) is 8.93. The van der Waals surface area contributed by atoms with E-state index >= 15 is 0 Å². The molecule has 4 aromatic rings. The van der Waals surface area contributed by atoms with Crippen molar-refractivity contribution >= 4 is 10.9 Å². The molecule has 0 aliphatic rings. The fraction of sp³-hybridized carbons (Fsp3) is 0.182. The molecule has 0 saturated carbocycles. The highest BCUT2D eigenvalue weighted by molar-refractivity contribution is 5.86. The Kier molecular flexibility index (Phi) is 4.85. The van der Waals surface area contributed by atoms with E-state index in [2.05, 4.69) is 64.5 Å². The number of aromatic amines is 1. The molecule has 27 heavy (non-hydrogen) atoms. The number of fused-ring (bicyclic) bond motifs is 1. The molecule has 5 heteroatoms. The molecular weight excluding hydrogens is 336 g/mol. The zero-order chi connectivity index (χ0) is 18.6. The molecule has 0 unspecified atom stereocenters. The summed E-state index contributed by atoms with van der Waals surface area (Å²) < 4.78 is 5.95. The lowest BCUT2D eigenvalue weighted by molar-refractivity contribution is 0.306. The second-order valence-corrected chi connectivity index (χ2v) is 6.84. The van der Waals surface area contributed by atoms with Crippen LogP contribution in [0.25, 0.3) is 22.0 Å². The van der Waals surface area contributed by atoms with Crippen LogP contribution in [0.3, 0.4) is 0 Å². The molecule has 0 atom stereocenters. The van der Waals surface area contributed by atoms with Crippen LogP contribution in [-0.4, -0.2) is 34.2 Å². The molecule has 0 aliphatic heterocycles. The number of benzene rings is 2. The van der Waals surface area contributed by atoms with E-state index in [0.717, 1.165) is 45.6 Å². The van der Waals surface area contributed by atoms with Gasteiger partial charge in [-0.15, -0.1) is 0 Å². The molecule has 4 rings (SSSR count). The smallest absolute Gasteiger partial charge is 0.120 e. The van der Waals surface area contributed by atoms with Crippen LogP contribution in [0.1, 0.15) is 11.3 Å².